The van der Waals surface area contributed by atoms with Gasteiger partial charge in [-0.2, -0.15) is 0 Å². The minimum absolute atomic E-state index is 0.0848. The highest BCUT2D eigenvalue weighted by Gasteiger charge is 2.19. The van der Waals surface area contributed by atoms with Crippen LogP contribution in [0.3, 0.4) is 0 Å². The summed E-state index contributed by atoms with van der Waals surface area (Å²) in [6.07, 6.45) is 1.54. The van der Waals surface area contributed by atoms with E-state index in [0.29, 0.717) is 51.5 Å². The Balaban J connectivity index is 1.79. The monoisotopic (exact) mass is 335 g/mol. The van der Waals surface area contributed by atoms with Crippen LogP contribution in [0.4, 0.5) is 4.79 Å². The predicted octanol–water partition coefficient (Wildman–Crippen LogP) is 1.12. The van der Waals surface area contributed by atoms with Crippen LogP contribution in [0.5, 0.6) is 11.5 Å². The molecule has 1 fully saturated rings. The molecule has 1 aromatic carbocycles. The van der Waals surface area contributed by atoms with E-state index in [2.05, 4.69) is 5.32 Å². The molecule has 1 aromatic rings. The Labute approximate surface area is 142 Å². The molecule has 0 spiro atoms. The Morgan fingerprint density at radius 1 is 1.25 bits per heavy atom. The van der Waals surface area contributed by atoms with Gasteiger partial charge >= 0.3 is 6.03 Å². The number of carbonyl (C=O) groups excluding carboxylic acids is 2. The van der Waals surface area contributed by atoms with Gasteiger partial charge in [-0.25, -0.2) is 4.79 Å². The van der Waals surface area contributed by atoms with E-state index in [4.69, 9.17) is 9.47 Å². The van der Waals surface area contributed by atoms with Gasteiger partial charge in [-0.05, 0) is 31.0 Å². The molecule has 1 saturated heterocycles. The van der Waals surface area contributed by atoms with Gasteiger partial charge in [-0.3, -0.25) is 4.79 Å². The molecule has 7 nitrogen and oxygen atoms in total. The zero-order chi connectivity index (χ0) is 17.4. The summed E-state index contributed by atoms with van der Waals surface area (Å²) in [5, 5.41) is 2.92. The van der Waals surface area contributed by atoms with Gasteiger partial charge in [-0.1, -0.05) is 6.07 Å². The molecule has 0 bridgehead atoms. The molecule has 132 valence electrons. The molecule has 1 aliphatic rings. The summed E-state index contributed by atoms with van der Waals surface area (Å²) in [7, 11) is 1.61. The number of methoxy groups -OCH3 is 1. The van der Waals surface area contributed by atoms with Gasteiger partial charge in [-0.15, -0.1) is 0 Å². The fourth-order valence-electron chi connectivity index (χ4n) is 2.60. The van der Waals surface area contributed by atoms with Crippen LogP contribution in [0, 0.1) is 0 Å². The van der Waals surface area contributed by atoms with Crippen molar-refractivity contribution in [2.45, 2.75) is 13.3 Å². The number of hydrogen-bond donors (Lipinski definition) is 1. The number of rotatable bonds is 7. The Kier molecular flexibility index (Phi) is 6.72. The molecular weight excluding hydrogens is 310 g/mol. The fourth-order valence-corrected chi connectivity index (χ4v) is 2.60. The van der Waals surface area contributed by atoms with Gasteiger partial charge in [0.25, 0.3) is 0 Å². The van der Waals surface area contributed by atoms with Crippen LogP contribution >= 0.6 is 0 Å². The molecule has 1 heterocycles. The largest absolute Gasteiger partial charge is 0.493 e. The Morgan fingerprint density at radius 3 is 2.62 bits per heavy atom. The second-order valence-electron chi connectivity index (χ2n) is 5.53. The third kappa shape index (κ3) is 4.78. The first kappa shape index (κ1) is 17.9. The van der Waals surface area contributed by atoms with Crippen LogP contribution < -0.4 is 14.8 Å². The SMILES string of the molecule is CCOc1ccc(CCNC(=O)N2CCN(C=O)CC2)cc1OC. The topological polar surface area (TPSA) is 71.1 Å². The lowest BCUT2D eigenvalue weighted by atomic mass is 10.1. The average molecular weight is 335 g/mol. The van der Waals surface area contributed by atoms with Crippen molar-refractivity contribution in [1.82, 2.24) is 15.1 Å². The molecule has 0 aromatic heterocycles. The number of benzene rings is 1. The second kappa shape index (κ2) is 9.00. The Bertz CT molecular complexity index is 557. The van der Waals surface area contributed by atoms with Crippen LogP contribution in [0.1, 0.15) is 12.5 Å². The van der Waals surface area contributed by atoms with Crippen molar-refractivity contribution in [3.8, 4) is 11.5 Å². The first-order chi connectivity index (χ1) is 11.7. The van der Waals surface area contributed by atoms with Crippen LogP contribution in [-0.4, -0.2) is 68.7 Å². The Hall–Kier alpha value is -2.44. The molecule has 2 rings (SSSR count). The zero-order valence-corrected chi connectivity index (χ0v) is 14.3. The van der Waals surface area contributed by atoms with Crippen molar-refractivity contribution in [3.63, 3.8) is 0 Å². The highest BCUT2D eigenvalue weighted by Crippen LogP contribution is 2.28. The van der Waals surface area contributed by atoms with Gasteiger partial charge in [0, 0.05) is 32.7 Å². The highest BCUT2D eigenvalue weighted by molar-refractivity contribution is 5.74. The predicted molar refractivity (Wildman–Crippen MR) is 90.5 cm³/mol. The normalized spacial score (nSPS) is 14.2. The number of amides is 3. The van der Waals surface area contributed by atoms with Crippen molar-refractivity contribution >= 4 is 12.4 Å². The second-order valence-corrected chi connectivity index (χ2v) is 5.53. The van der Waals surface area contributed by atoms with Gasteiger partial charge < -0.3 is 24.6 Å². The van der Waals surface area contributed by atoms with Gasteiger partial charge in [0.2, 0.25) is 6.41 Å². The van der Waals surface area contributed by atoms with E-state index < -0.39 is 0 Å². The first-order valence-electron chi connectivity index (χ1n) is 8.19. The van der Waals surface area contributed by atoms with Crippen molar-refractivity contribution in [1.29, 1.82) is 0 Å². The molecule has 0 saturated carbocycles. The molecule has 1 N–H and O–H groups in total. The number of nitrogens with one attached hydrogen (secondary N) is 1. The molecule has 0 unspecified atom stereocenters. The Morgan fingerprint density at radius 2 is 2.00 bits per heavy atom. The van der Waals surface area contributed by atoms with E-state index in [1.54, 1.807) is 16.9 Å². The smallest absolute Gasteiger partial charge is 0.317 e. The molecule has 0 radical (unpaired) electrons. The maximum atomic E-state index is 12.1. The van der Waals surface area contributed by atoms with Crippen LogP contribution in [0.25, 0.3) is 0 Å². The summed E-state index contributed by atoms with van der Waals surface area (Å²) in [6.45, 7) is 5.38. The summed E-state index contributed by atoms with van der Waals surface area (Å²) in [4.78, 5) is 26.2. The van der Waals surface area contributed by atoms with Crippen molar-refractivity contribution in [3.05, 3.63) is 23.8 Å². The molecule has 24 heavy (non-hydrogen) atoms. The zero-order valence-electron chi connectivity index (χ0n) is 14.3. The number of carbonyl (C=O) groups is 2. The number of hydrogen-bond acceptors (Lipinski definition) is 4. The van der Waals surface area contributed by atoms with Gasteiger partial charge in [0.05, 0.1) is 13.7 Å². The minimum atomic E-state index is -0.0848. The molecule has 0 atom stereocenters. The summed E-state index contributed by atoms with van der Waals surface area (Å²) in [5.41, 5.74) is 1.07. The molecular formula is C17H25N3O4. The quantitative estimate of drug-likeness (QED) is 0.758. The van der Waals surface area contributed by atoms with E-state index in [1.165, 1.54) is 0 Å². The first-order valence-corrected chi connectivity index (χ1v) is 8.19. The number of nitrogens with zero attached hydrogens (tertiary/aromatic N) is 2. The van der Waals surface area contributed by atoms with E-state index in [1.807, 2.05) is 25.1 Å². The highest BCUT2D eigenvalue weighted by atomic mass is 16.5. The van der Waals surface area contributed by atoms with Crippen LogP contribution in [-0.2, 0) is 11.2 Å². The lowest BCUT2D eigenvalue weighted by Crippen LogP contribution is -2.51. The van der Waals surface area contributed by atoms with Gasteiger partial charge in [0.1, 0.15) is 0 Å². The third-order valence-electron chi connectivity index (χ3n) is 3.97. The summed E-state index contributed by atoms with van der Waals surface area (Å²) < 4.78 is 10.8. The molecule has 0 aliphatic carbocycles. The maximum Gasteiger partial charge on any atom is 0.317 e. The van der Waals surface area contributed by atoms with Crippen molar-refractivity contribution in [2.75, 3.05) is 46.4 Å². The summed E-state index contributed by atoms with van der Waals surface area (Å²) >= 11 is 0. The van der Waals surface area contributed by atoms with E-state index >= 15 is 0 Å². The maximum absolute atomic E-state index is 12.1. The summed E-state index contributed by atoms with van der Waals surface area (Å²) in [5.74, 6) is 1.42. The fraction of sp³-hybridized carbons (Fsp3) is 0.529. The number of piperazine rings is 1. The lowest BCUT2D eigenvalue weighted by Gasteiger charge is -2.32. The molecule has 7 heteroatoms. The van der Waals surface area contributed by atoms with Crippen molar-refractivity contribution in [2.24, 2.45) is 0 Å². The van der Waals surface area contributed by atoms with Gasteiger partial charge in [0.15, 0.2) is 11.5 Å². The standard InChI is InChI=1S/C17H25N3O4/c1-3-24-15-5-4-14(12-16(15)23-2)6-7-18-17(22)20-10-8-19(13-21)9-11-20/h4-5,12-13H,3,6-11H2,1-2H3,(H,18,22). The minimum Gasteiger partial charge on any atom is -0.493 e. The van der Waals surface area contributed by atoms with Crippen molar-refractivity contribution < 1.29 is 19.1 Å². The lowest BCUT2D eigenvalue weighted by molar-refractivity contribution is -0.119. The van der Waals surface area contributed by atoms with Crippen LogP contribution in [0.15, 0.2) is 18.2 Å². The number of ether oxygens (including phenoxy) is 2. The van der Waals surface area contributed by atoms with E-state index in [9.17, 15) is 9.59 Å². The van der Waals surface area contributed by atoms with Crippen LogP contribution in [0.2, 0.25) is 0 Å². The molecule has 1 aliphatic heterocycles. The summed E-state index contributed by atoms with van der Waals surface area (Å²) in [6, 6.07) is 5.71. The molecule has 3 amide bonds. The number of urea groups is 1. The third-order valence-corrected chi connectivity index (χ3v) is 3.97. The van der Waals surface area contributed by atoms with E-state index in [-0.39, 0.29) is 6.03 Å². The average Bonchev–Trinajstić information content (AvgIpc) is 2.63. The van der Waals surface area contributed by atoms with E-state index in [0.717, 1.165) is 17.7 Å².